The molecule has 1 aliphatic rings. The molecule has 1 N–H and O–H groups in total. The van der Waals surface area contributed by atoms with E-state index in [4.69, 9.17) is 4.52 Å². The minimum Gasteiger partial charge on any atom is -0.393 e. The van der Waals surface area contributed by atoms with E-state index in [-0.39, 0.29) is 22.3 Å². The molecule has 7 heteroatoms. The lowest BCUT2D eigenvalue weighted by atomic mass is 9.87. The Balaban J connectivity index is 1.87. The molecule has 1 heterocycles. The van der Waals surface area contributed by atoms with Crippen LogP contribution in [0.1, 0.15) is 37.5 Å². The SMILES string of the molecule is OC1CCC(c2nc(-c3ccc(F)c(F)c3Br)no2)CC1. The highest BCUT2D eigenvalue weighted by Gasteiger charge is 2.26. The van der Waals surface area contributed by atoms with Crippen molar-refractivity contribution in [3.8, 4) is 11.4 Å². The van der Waals surface area contributed by atoms with Crippen LogP contribution in [0.2, 0.25) is 0 Å². The summed E-state index contributed by atoms with van der Waals surface area (Å²) in [6.07, 6.45) is 2.71. The maximum Gasteiger partial charge on any atom is 0.230 e. The lowest BCUT2D eigenvalue weighted by Crippen LogP contribution is -2.17. The number of hydrogen-bond donors (Lipinski definition) is 1. The summed E-state index contributed by atoms with van der Waals surface area (Å²) in [6, 6.07) is 2.43. The van der Waals surface area contributed by atoms with Crippen molar-refractivity contribution < 1.29 is 18.4 Å². The molecule has 0 saturated heterocycles. The average Bonchev–Trinajstić information content (AvgIpc) is 2.95. The van der Waals surface area contributed by atoms with Crippen LogP contribution in [0, 0.1) is 11.6 Å². The van der Waals surface area contributed by atoms with E-state index in [2.05, 4.69) is 26.1 Å². The van der Waals surface area contributed by atoms with Gasteiger partial charge in [-0.3, -0.25) is 0 Å². The van der Waals surface area contributed by atoms with Crippen LogP contribution in [-0.2, 0) is 0 Å². The fourth-order valence-electron chi connectivity index (χ4n) is 2.53. The molecular formula is C14H13BrF2N2O2. The number of hydrogen-bond acceptors (Lipinski definition) is 4. The molecule has 2 aromatic rings. The average molecular weight is 359 g/mol. The van der Waals surface area contributed by atoms with Crippen molar-refractivity contribution in [2.45, 2.75) is 37.7 Å². The molecule has 0 bridgehead atoms. The summed E-state index contributed by atoms with van der Waals surface area (Å²) in [5, 5.41) is 13.3. The first-order valence-corrected chi connectivity index (χ1v) is 7.51. The Labute approximate surface area is 128 Å². The summed E-state index contributed by atoms with van der Waals surface area (Å²) in [6.45, 7) is 0. The summed E-state index contributed by atoms with van der Waals surface area (Å²) in [7, 11) is 0. The Bertz CT molecular complexity index is 654. The van der Waals surface area contributed by atoms with Crippen LogP contribution < -0.4 is 0 Å². The van der Waals surface area contributed by atoms with Gasteiger partial charge in [-0.1, -0.05) is 5.16 Å². The fraction of sp³-hybridized carbons (Fsp3) is 0.429. The van der Waals surface area contributed by atoms with Gasteiger partial charge in [0.25, 0.3) is 0 Å². The first-order chi connectivity index (χ1) is 10.1. The Morgan fingerprint density at radius 2 is 1.90 bits per heavy atom. The Hall–Kier alpha value is -1.34. The second kappa shape index (κ2) is 5.81. The van der Waals surface area contributed by atoms with Gasteiger partial charge in [0.05, 0.1) is 10.6 Å². The van der Waals surface area contributed by atoms with Crippen molar-refractivity contribution in [1.29, 1.82) is 0 Å². The molecule has 112 valence electrons. The summed E-state index contributed by atoms with van der Waals surface area (Å²) < 4.78 is 31.9. The lowest BCUT2D eigenvalue weighted by molar-refractivity contribution is 0.116. The topological polar surface area (TPSA) is 59.2 Å². The zero-order valence-electron chi connectivity index (χ0n) is 11.0. The highest BCUT2D eigenvalue weighted by Crippen LogP contribution is 2.34. The molecule has 0 unspecified atom stereocenters. The molecule has 0 atom stereocenters. The number of aliphatic hydroxyl groups excluding tert-OH is 1. The number of benzene rings is 1. The van der Waals surface area contributed by atoms with Crippen LogP contribution >= 0.6 is 15.9 Å². The zero-order chi connectivity index (χ0) is 15.0. The van der Waals surface area contributed by atoms with Crippen LogP contribution in [0.4, 0.5) is 8.78 Å². The summed E-state index contributed by atoms with van der Waals surface area (Å²) in [5.41, 5.74) is 0.347. The standard InChI is InChI=1S/C14H13BrF2N2O2/c15-11-9(5-6-10(16)12(11)17)13-18-14(21-19-13)7-1-3-8(20)4-2-7/h5-8,20H,1-4H2. The largest absolute Gasteiger partial charge is 0.393 e. The van der Waals surface area contributed by atoms with E-state index in [1.807, 2.05) is 0 Å². The van der Waals surface area contributed by atoms with E-state index in [1.54, 1.807) is 0 Å². The second-order valence-corrected chi connectivity index (χ2v) is 5.98. The van der Waals surface area contributed by atoms with E-state index in [1.165, 1.54) is 6.07 Å². The molecule has 1 saturated carbocycles. The number of nitrogens with zero attached hydrogens (tertiary/aromatic N) is 2. The smallest absolute Gasteiger partial charge is 0.230 e. The molecule has 1 aromatic carbocycles. The van der Waals surface area contributed by atoms with Crippen LogP contribution in [0.15, 0.2) is 21.1 Å². The molecular weight excluding hydrogens is 346 g/mol. The van der Waals surface area contributed by atoms with Crippen molar-refractivity contribution in [3.63, 3.8) is 0 Å². The van der Waals surface area contributed by atoms with Crippen molar-refractivity contribution in [3.05, 3.63) is 34.1 Å². The summed E-state index contributed by atoms with van der Waals surface area (Å²) in [4.78, 5) is 4.28. The predicted octanol–water partition coefficient (Wildman–Crippen LogP) is 3.80. The third-order valence-corrected chi connectivity index (χ3v) is 4.54. The van der Waals surface area contributed by atoms with Crippen LogP contribution in [0.5, 0.6) is 0 Å². The third-order valence-electron chi connectivity index (χ3n) is 3.76. The Morgan fingerprint density at radius 3 is 2.62 bits per heavy atom. The molecule has 0 spiro atoms. The highest BCUT2D eigenvalue weighted by atomic mass is 79.9. The number of aliphatic hydroxyl groups is 1. The summed E-state index contributed by atoms with van der Waals surface area (Å²) in [5.74, 6) is -1.09. The minimum atomic E-state index is -0.973. The Morgan fingerprint density at radius 1 is 1.19 bits per heavy atom. The normalized spacial score (nSPS) is 22.5. The van der Waals surface area contributed by atoms with Gasteiger partial charge in [0.15, 0.2) is 11.6 Å². The van der Waals surface area contributed by atoms with E-state index < -0.39 is 11.6 Å². The quantitative estimate of drug-likeness (QED) is 0.829. The fourth-order valence-corrected chi connectivity index (χ4v) is 3.03. The molecule has 0 aliphatic heterocycles. The maximum absolute atomic E-state index is 13.5. The van der Waals surface area contributed by atoms with Gasteiger partial charge in [-0.15, -0.1) is 0 Å². The number of halogens is 3. The van der Waals surface area contributed by atoms with E-state index in [9.17, 15) is 13.9 Å². The zero-order valence-corrected chi connectivity index (χ0v) is 12.6. The van der Waals surface area contributed by atoms with Crippen LogP contribution in [-0.4, -0.2) is 21.4 Å². The monoisotopic (exact) mass is 358 g/mol. The third kappa shape index (κ3) is 2.85. The lowest BCUT2D eigenvalue weighted by Gasteiger charge is -2.22. The van der Waals surface area contributed by atoms with Crippen molar-refractivity contribution in [2.75, 3.05) is 0 Å². The molecule has 0 amide bonds. The van der Waals surface area contributed by atoms with Gasteiger partial charge >= 0.3 is 0 Å². The van der Waals surface area contributed by atoms with Crippen molar-refractivity contribution in [2.24, 2.45) is 0 Å². The first kappa shape index (κ1) is 14.6. The minimum absolute atomic E-state index is 0.0195. The predicted molar refractivity (Wildman–Crippen MR) is 74.6 cm³/mol. The molecule has 1 aliphatic carbocycles. The van der Waals surface area contributed by atoms with E-state index in [0.717, 1.165) is 18.9 Å². The van der Waals surface area contributed by atoms with Gasteiger partial charge in [0.1, 0.15) is 0 Å². The Kier molecular flexibility index (Phi) is 4.03. The van der Waals surface area contributed by atoms with Gasteiger partial charge < -0.3 is 9.63 Å². The second-order valence-electron chi connectivity index (χ2n) is 5.18. The van der Waals surface area contributed by atoms with Gasteiger partial charge in [-0.2, -0.15) is 4.98 Å². The highest BCUT2D eigenvalue weighted by molar-refractivity contribution is 9.10. The molecule has 4 nitrogen and oxygen atoms in total. The first-order valence-electron chi connectivity index (χ1n) is 6.72. The number of aromatic nitrogens is 2. The maximum atomic E-state index is 13.5. The van der Waals surface area contributed by atoms with Crippen LogP contribution in [0.3, 0.4) is 0 Å². The van der Waals surface area contributed by atoms with Gasteiger partial charge in [-0.25, -0.2) is 8.78 Å². The van der Waals surface area contributed by atoms with Crippen LogP contribution in [0.25, 0.3) is 11.4 Å². The van der Waals surface area contributed by atoms with Gasteiger partial charge in [0.2, 0.25) is 11.7 Å². The van der Waals surface area contributed by atoms with E-state index >= 15 is 0 Å². The molecule has 1 aromatic heterocycles. The number of rotatable bonds is 2. The molecule has 21 heavy (non-hydrogen) atoms. The molecule has 3 rings (SSSR count). The van der Waals surface area contributed by atoms with E-state index in [0.29, 0.717) is 24.3 Å². The summed E-state index contributed by atoms with van der Waals surface area (Å²) >= 11 is 3.01. The van der Waals surface area contributed by atoms with Crippen molar-refractivity contribution in [1.82, 2.24) is 10.1 Å². The molecule has 1 fully saturated rings. The van der Waals surface area contributed by atoms with Crippen molar-refractivity contribution >= 4 is 15.9 Å². The van der Waals surface area contributed by atoms with Gasteiger partial charge in [0, 0.05) is 11.5 Å². The van der Waals surface area contributed by atoms with Gasteiger partial charge in [-0.05, 0) is 53.7 Å². The molecule has 0 radical (unpaired) electrons.